The molecule has 4 nitrogen and oxygen atoms in total. The second kappa shape index (κ2) is 9.02. The summed E-state index contributed by atoms with van der Waals surface area (Å²) in [6, 6.07) is 14.8. The number of hydrogen-bond donors (Lipinski definition) is 0. The van der Waals surface area contributed by atoms with Crippen LogP contribution in [0.2, 0.25) is 0 Å². The molecule has 0 amide bonds. The molecule has 0 N–H and O–H groups in total. The predicted octanol–water partition coefficient (Wildman–Crippen LogP) is 4.64. The van der Waals surface area contributed by atoms with Crippen LogP contribution >= 0.6 is 0 Å². The minimum Gasteiger partial charge on any atom is -0.423 e. The average molecular weight is 363 g/mol. The molecule has 0 heterocycles. The highest BCUT2D eigenvalue weighted by atomic mass is 19.4. The van der Waals surface area contributed by atoms with Crippen molar-refractivity contribution in [3.8, 4) is 11.8 Å². The van der Waals surface area contributed by atoms with Gasteiger partial charge < -0.3 is 4.74 Å². The molecular weight excluding hydrogens is 347 g/mol. The summed E-state index contributed by atoms with van der Waals surface area (Å²) in [5, 5.41) is 8.73. The van der Waals surface area contributed by atoms with E-state index >= 15 is 0 Å². The van der Waals surface area contributed by atoms with Crippen LogP contribution in [0.15, 0.2) is 48.5 Å². The number of benzene rings is 2. The monoisotopic (exact) mass is 363 g/mol. The number of unbranched alkanes of at least 4 members (excludes halogenated alkanes) is 1. The first-order valence-electron chi connectivity index (χ1n) is 7.89. The van der Waals surface area contributed by atoms with E-state index in [2.05, 4.69) is 4.74 Å². The van der Waals surface area contributed by atoms with Crippen molar-refractivity contribution < 1.29 is 27.4 Å². The van der Waals surface area contributed by atoms with Crippen molar-refractivity contribution in [2.24, 2.45) is 0 Å². The van der Waals surface area contributed by atoms with Crippen LogP contribution in [0.5, 0.6) is 5.75 Å². The Hall–Kier alpha value is -2.85. The van der Waals surface area contributed by atoms with E-state index in [1.54, 1.807) is 36.4 Å². The van der Waals surface area contributed by atoms with Gasteiger partial charge in [-0.05, 0) is 61.2 Å². The summed E-state index contributed by atoms with van der Waals surface area (Å²) < 4.78 is 44.4. The number of alkyl halides is 3. The minimum absolute atomic E-state index is 0.294. The van der Waals surface area contributed by atoms with Crippen LogP contribution in [0.25, 0.3) is 0 Å². The molecule has 7 heteroatoms. The van der Waals surface area contributed by atoms with Crippen LogP contribution in [-0.4, -0.2) is 18.9 Å². The first-order chi connectivity index (χ1) is 12.4. The summed E-state index contributed by atoms with van der Waals surface area (Å²) in [6.45, 7) is -0.363. The Balaban J connectivity index is 1.80. The van der Waals surface area contributed by atoms with Crippen molar-refractivity contribution >= 4 is 5.97 Å². The fourth-order valence-electron chi connectivity index (χ4n) is 2.19. The van der Waals surface area contributed by atoms with E-state index in [0.29, 0.717) is 36.1 Å². The summed E-state index contributed by atoms with van der Waals surface area (Å²) >= 11 is 0. The topological polar surface area (TPSA) is 59.3 Å². The summed E-state index contributed by atoms with van der Waals surface area (Å²) in [5.74, 6) is -0.192. The lowest BCUT2D eigenvalue weighted by atomic mass is 10.1. The Bertz CT molecular complexity index is 763. The molecule has 2 aromatic rings. The quantitative estimate of drug-likeness (QED) is 0.409. The zero-order valence-electron chi connectivity index (χ0n) is 13.8. The third-order valence-corrected chi connectivity index (χ3v) is 3.51. The van der Waals surface area contributed by atoms with Gasteiger partial charge in [-0.3, -0.25) is 4.74 Å². The van der Waals surface area contributed by atoms with E-state index in [1.807, 2.05) is 6.07 Å². The van der Waals surface area contributed by atoms with Gasteiger partial charge in [0, 0.05) is 0 Å². The van der Waals surface area contributed by atoms with Crippen molar-refractivity contribution in [2.45, 2.75) is 25.6 Å². The maximum absolute atomic E-state index is 12.1. The van der Waals surface area contributed by atoms with Crippen LogP contribution in [-0.2, 0) is 11.2 Å². The number of carbonyl (C=O) groups excluding carboxylic acids is 1. The van der Waals surface area contributed by atoms with Gasteiger partial charge in [0.25, 0.3) is 0 Å². The highest BCUT2D eigenvalue weighted by Crippen LogP contribution is 2.17. The highest BCUT2D eigenvalue weighted by molar-refractivity contribution is 5.91. The van der Waals surface area contributed by atoms with Crippen molar-refractivity contribution in [1.82, 2.24) is 0 Å². The third-order valence-electron chi connectivity index (χ3n) is 3.51. The first kappa shape index (κ1) is 19.5. The molecule has 0 saturated heterocycles. The lowest BCUT2D eigenvalue weighted by Crippen LogP contribution is -2.14. The van der Waals surface area contributed by atoms with Gasteiger partial charge in [-0.15, -0.1) is 13.2 Å². The number of esters is 1. The predicted molar refractivity (Wildman–Crippen MR) is 87.5 cm³/mol. The molecule has 0 unspecified atom stereocenters. The zero-order valence-corrected chi connectivity index (χ0v) is 13.8. The van der Waals surface area contributed by atoms with Crippen molar-refractivity contribution in [3.63, 3.8) is 0 Å². The normalized spacial score (nSPS) is 11.0. The highest BCUT2D eigenvalue weighted by Gasteiger charge is 2.28. The summed E-state index contributed by atoms with van der Waals surface area (Å²) in [4.78, 5) is 12.1. The van der Waals surface area contributed by atoms with Crippen LogP contribution < -0.4 is 4.74 Å². The van der Waals surface area contributed by atoms with Gasteiger partial charge in [-0.25, -0.2) is 4.79 Å². The lowest BCUT2D eigenvalue weighted by Gasteiger charge is -2.07. The van der Waals surface area contributed by atoms with Gasteiger partial charge >= 0.3 is 12.3 Å². The number of nitriles is 1. The van der Waals surface area contributed by atoms with E-state index in [4.69, 9.17) is 10.00 Å². The number of carbonyl (C=O) groups is 1. The standard InChI is InChI=1S/C19H16F3NO3/c20-19(21,22)25-12-2-1-3-14-4-8-16(9-5-14)18(24)26-17-10-6-15(13-23)7-11-17/h4-11H,1-3,12H2. The summed E-state index contributed by atoms with van der Waals surface area (Å²) in [5.41, 5.74) is 1.74. The number of nitrogens with zero attached hydrogens (tertiary/aromatic N) is 1. The molecule has 136 valence electrons. The molecule has 0 atom stereocenters. The summed E-state index contributed by atoms with van der Waals surface area (Å²) in [6.07, 6.45) is -3.16. The molecule has 26 heavy (non-hydrogen) atoms. The number of hydrogen-bond acceptors (Lipinski definition) is 4. The van der Waals surface area contributed by atoms with E-state index < -0.39 is 12.3 Å². The smallest absolute Gasteiger partial charge is 0.423 e. The van der Waals surface area contributed by atoms with Gasteiger partial charge in [-0.1, -0.05) is 12.1 Å². The Labute approximate surface area is 148 Å². The van der Waals surface area contributed by atoms with E-state index in [1.165, 1.54) is 12.1 Å². The van der Waals surface area contributed by atoms with E-state index in [-0.39, 0.29) is 6.61 Å². The van der Waals surface area contributed by atoms with E-state index in [0.717, 1.165) is 5.56 Å². The fraction of sp³-hybridized carbons (Fsp3) is 0.263. The average Bonchev–Trinajstić information content (AvgIpc) is 2.61. The molecule has 0 saturated carbocycles. The Kier molecular flexibility index (Phi) is 6.75. The number of rotatable bonds is 7. The molecule has 0 fully saturated rings. The SMILES string of the molecule is N#Cc1ccc(OC(=O)c2ccc(CCCCOC(F)(F)F)cc2)cc1. The van der Waals surface area contributed by atoms with Crippen molar-refractivity contribution in [2.75, 3.05) is 6.61 Å². The molecule has 0 aromatic heterocycles. The first-order valence-corrected chi connectivity index (χ1v) is 7.89. The van der Waals surface area contributed by atoms with Gasteiger partial charge in [0.05, 0.1) is 23.8 Å². The second-order valence-electron chi connectivity index (χ2n) is 5.47. The number of ether oxygens (including phenoxy) is 2. The molecule has 0 spiro atoms. The summed E-state index contributed by atoms with van der Waals surface area (Å²) in [7, 11) is 0. The second-order valence-corrected chi connectivity index (χ2v) is 5.47. The Morgan fingerprint density at radius 1 is 1.00 bits per heavy atom. The van der Waals surface area contributed by atoms with Gasteiger partial charge in [0.2, 0.25) is 0 Å². The van der Waals surface area contributed by atoms with Crippen molar-refractivity contribution in [3.05, 3.63) is 65.2 Å². The maximum Gasteiger partial charge on any atom is 0.522 e. The number of aryl methyl sites for hydroxylation is 1. The van der Waals surface area contributed by atoms with Crippen LogP contribution in [0.1, 0.15) is 34.3 Å². The Morgan fingerprint density at radius 2 is 1.65 bits per heavy atom. The third kappa shape index (κ3) is 6.57. The molecule has 0 aliphatic heterocycles. The zero-order chi connectivity index (χ0) is 19.0. The molecule has 0 radical (unpaired) electrons. The lowest BCUT2D eigenvalue weighted by molar-refractivity contribution is -0.324. The maximum atomic E-state index is 12.1. The van der Waals surface area contributed by atoms with Crippen LogP contribution in [0, 0.1) is 11.3 Å². The molecular formula is C19H16F3NO3. The molecule has 0 aliphatic rings. The molecule has 2 aromatic carbocycles. The fourth-order valence-corrected chi connectivity index (χ4v) is 2.19. The van der Waals surface area contributed by atoms with Gasteiger partial charge in [-0.2, -0.15) is 5.26 Å². The minimum atomic E-state index is -4.59. The van der Waals surface area contributed by atoms with Crippen LogP contribution in [0.3, 0.4) is 0 Å². The molecule has 2 rings (SSSR count). The van der Waals surface area contributed by atoms with Crippen LogP contribution in [0.4, 0.5) is 13.2 Å². The van der Waals surface area contributed by atoms with Gasteiger partial charge in [0.1, 0.15) is 5.75 Å². The van der Waals surface area contributed by atoms with Gasteiger partial charge in [0.15, 0.2) is 0 Å². The molecule has 0 aliphatic carbocycles. The van der Waals surface area contributed by atoms with E-state index in [9.17, 15) is 18.0 Å². The Morgan fingerprint density at radius 3 is 2.23 bits per heavy atom. The largest absolute Gasteiger partial charge is 0.522 e. The molecule has 0 bridgehead atoms. The van der Waals surface area contributed by atoms with Crippen molar-refractivity contribution in [1.29, 1.82) is 5.26 Å². The number of halogens is 3.